The average molecular weight is 498 g/mol. The van der Waals surface area contributed by atoms with E-state index in [1.807, 2.05) is 35.8 Å². The van der Waals surface area contributed by atoms with Crippen LogP contribution in [0.1, 0.15) is 42.1 Å². The van der Waals surface area contributed by atoms with Gasteiger partial charge in [0.25, 0.3) is 0 Å². The van der Waals surface area contributed by atoms with Crippen LogP contribution in [0.3, 0.4) is 0 Å². The van der Waals surface area contributed by atoms with Crippen LogP contribution in [0.2, 0.25) is 0 Å². The van der Waals surface area contributed by atoms with E-state index in [0.29, 0.717) is 39.8 Å². The smallest absolute Gasteiger partial charge is 0.235 e. The molecule has 0 saturated carbocycles. The standard InChI is InChI=1S/C24H27N5O3S2/c1-4-29-21(13-32-17-8-6-16(31-3)7-9-17)27-28-24(29)33-14-22(30)26-23-19(12-25)18-10-5-15(2)11-20(18)34-23/h6-9,15H,4-5,10-11,13-14H2,1-3H3,(H,26,30). The van der Waals surface area contributed by atoms with E-state index in [0.717, 1.165) is 30.6 Å². The highest BCUT2D eigenvalue weighted by Gasteiger charge is 2.25. The van der Waals surface area contributed by atoms with Crippen LogP contribution in [0.4, 0.5) is 5.00 Å². The van der Waals surface area contributed by atoms with Crippen molar-refractivity contribution in [3.8, 4) is 17.6 Å². The molecule has 1 amide bonds. The third kappa shape index (κ3) is 5.37. The van der Waals surface area contributed by atoms with Gasteiger partial charge >= 0.3 is 0 Å². The number of rotatable bonds is 9. The monoisotopic (exact) mass is 497 g/mol. The van der Waals surface area contributed by atoms with Gasteiger partial charge in [0, 0.05) is 11.4 Å². The SMILES string of the molecule is CCn1c(COc2ccc(OC)cc2)nnc1SCC(=O)Nc1sc2c(c1C#N)CCC(C)C2. The lowest BCUT2D eigenvalue weighted by Crippen LogP contribution is -2.15. The van der Waals surface area contributed by atoms with E-state index in [2.05, 4.69) is 28.5 Å². The van der Waals surface area contributed by atoms with Gasteiger partial charge in [0.05, 0.1) is 18.4 Å². The Morgan fingerprint density at radius 3 is 2.79 bits per heavy atom. The molecule has 0 radical (unpaired) electrons. The molecule has 1 atom stereocenters. The first-order valence-electron chi connectivity index (χ1n) is 11.2. The second-order valence-corrected chi connectivity index (χ2v) is 10.2. The Kier molecular flexibility index (Phi) is 7.75. The summed E-state index contributed by atoms with van der Waals surface area (Å²) in [5.74, 6) is 2.80. The first-order valence-corrected chi connectivity index (χ1v) is 13.0. The molecule has 8 nitrogen and oxygen atoms in total. The van der Waals surface area contributed by atoms with Crippen molar-refractivity contribution < 1.29 is 14.3 Å². The van der Waals surface area contributed by atoms with E-state index in [1.54, 1.807) is 7.11 Å². The molecule has 10 heteroatoms. The first-order chi connectivity index (χ1) is 16.5. The summed E-state index contributed by atoms with van der Waals surface area (Å²) in [7, 11) is 1.62. The molecule has 34 heavy (non-hydrogen) atoms. The molecule has 1 aromatic carbocycles. The number of thiophene rings is 1. The van der Waals surface area contributed by atoms with Crippen LogP contribution < -0.4 is 14.8 Å². The number of thioether (sulfide) groups is 1. The molecule has 178 valence electrons. The molecule has 1 aliphatic rings. The zero-order valence-corrected chi connectivity index (χ0v) is 21.1. The summed E-state index contributed by atoms with van der Waals surface area (Å²) in [6.45, 7) is 5.15. The Morgan fingerprint density at radius 2 is 2.09 bits per heavy atom. The largest absolute Gasteiger partial charge is 0.497 e. The number of carbonyl (C=O) groups excluding carboxylic acids is 1. The fraction of sp³-hybridized carbons (Fsp3) is 0.417. The number of hydrogen-bond donors (Lipinski definition) is 1. The number of nitrogens with zero attached hydrogens (tertiary/aromatic N) is 4. The number of anilines is 1. The van der Waals surface area contributed by atoms with Crippen molar-refractivity contribution in [2.24, 2.45) is 5.92 Å². The molecular formula is C24H27N5O3S2. The number of nitrogens with one attached hydrogen (secondary N) is 1. The number of aromatic nitrogens is 3. The quantitative estimate of drug-likeness (QED) is 0.429. The lowest BCUT2D eigenvalue weighted by molar-refractivity contribution is -0.113. The summed E-state index contributed by atoms with van der Waals surface area (Å²) in [4.78, 5) is 13.9. The third-order valence-electron chi connectivity index (χ3n) is 5.75. The molecule has 2 aromatic heterocycles. The summed E-state index contributed by atoms with van der Waals surface area (Å²) >= 11 is 2.86. The summed E-state index contributed by atoms with van der Waals surface area (Å²) in [5.41, 5.74) is 1.74. The van der Waals surface area contributed by atoms with Crippen molar-refractivity contribution in [3.63, 3.8) is 0 Å². The number of ether oxygens (including phenoxy) is 2. The van der Waals surface area contributed by atoms with Crippen molar-refractivity contribution in [1.82, 2.24) is 14.8 Å². The van der Waals surface area contributed by atoms with Gasteiger partial charge in [-0.2, -0.15) is 5.26 Å². The normalized spacial score (nSPS) is 14.8. The van der Waals surface area contributed by atoms with Crippen LogP contribution in [0, 0.1) is 17.2 Å². The maximum atomic E-state index is 12.7. The minimum Gasteiger partial charge on any atom is -0.497 e. The second kappa shape index (κ2) is 10.9. The van der Waals surface area contributed by atoms with E-state index in [9.17, 15) is 10.1 Å². The number of hydrogen-bond acceptors (Lipinski definition) is 8. The van der Waals surface area contributed by atoms with Crippen molar-refractivity contribution in [2.45, 2.75) is 51.4 Å². The highest BCUT2D eigenvalue weighted by atomic mass is 32.2. The molecule has 2 heterocycles. The van der Waals surface area contributed by atoms with E-state index in [-0.39, 0.29) is 18.3 Å². The Morgan fingerprint density at radius 1 is 1.32 bits per heavy atom. The van der Waals surface area contributed by atoms with E-state index >= 15 is 0 Å². The molecular weight excluding hydrogens is 470 g/mol. The summed E-state index contributed by atoms with van der Waals surface area (Å²) in [6.07, 6.45) is 2.96. The average Bonchev–Trinajstić information content (AvgIpc) is 3.40. The molecule has 1 N–H and O–H groups in total. The number of amides is 1. The highest BCUT2D eigenvalue weighted by molar-refractivity contribution is 7.99. The fourth-order valence-corrected chi connectivity index (χ4v) is 6.12. The van der Waals surface area contributed by atoms with Gasteiger partial charge in [-0.15, -0.1) is 21.5 Å². The molecule has 4 rings (SSSR count). The molecule has 1 unspecified atom stereocenters. The predicted octanol–water partition coefficient (Wildman–Crippen LogP) is 4.67. The minimum atomic E-state index is -0.158. The number of methoxy groups -OCH3 is 1. The van der Waals surface area contributed by atoms with Gasteiger partial charge in [0.15, 0.2) is 11.0 Å². The fourth-order valence-electron chi connectivity index (χ4n) is 3.92. The number of carbonyl (C=O) groups is 1. The lowest BCUT2D eigenvalue weighted by Gasteiger charge is -2.17. The Labute approximate surface area is 207 Å². The van der Waals surface area contributed by atoms with Gasteiger partial charge in [-0.25, -0.2) is 0 Å². The molecule has 0 aliphatic heterocycles. The number of fused-ring (bicyclic) bond motifs is 1. The van der Waals surface area contributed by atoms with Gasteiger partial charge in [-0.1, -0.05) is 18.7 Å². The van der Waals surface area contributed by atoms with Crippen LogP contribution in [0.15, 0.2) is 29.4 Å². The zero-order valence-electron chi connectivity index (χ0n) is 19.5. The van der Waals surface area contributed by atoms with Crippen LogP contribution in [-0.4, -0.2) is 33.5 Å². The van der Waals surface area contributed by atoms with Crippen LogP contribution in [0.5, 0.6) is 11.5 Å². The second-order valence-electron chi connectivity index (χ2n) is 8.11. The third-order valence-corrected chi connectivity index (χ3v) is 7.88. The summed E-state index contributed by atoms with van der Waals surface area (Å²) < 4.78 is 12.9. The van der Waals surface area contributed by atoms with Crippen LogP contribution >= 0.6 is 23.1 Å². The predicted molar refractivity (Wildman–Crippen MR) is 133 cm³/mol. The molecule has 0 saturated heterocycles. The number of nitriles is 1. The minimum absolute atomic E-state index is 0.158. The maximum Gasteiger partial charge on any atom is 0.235 e. The van der Waals surface area contributed by atoms with Gasteiger partial charge in [0.2, 0.25) is 5.91 Å². The van der Waals surface area contributed by atoms with Gasteiger partial charge in [0.1, 0.15) is 29.2 Å². The van der Waals surface area contributed by atoms with Gasteiger partial charge in [-0.05, 0) is 61.9 Å². The topological polar surface area (TPSA) is 102 Å². The number of benzene rings is 1. The van der Waals surface area contributed by atoms with Crippen molar-refractivity contribution in [3.05, 3.63) is 46.1 Å². The first kappa shape index (κ1) is 24.1. The maximum absolute atomic E-state index is 12.7. The van der Waals surface area contributed by atoms with Gasteiger partial charge in [-0.3, -0.25) is 4.79 Å². The molecule has 0 fully saturated rings. The van der Waals surface area contributed by atoms with Crippen molar-refractivity contribution in [1.29, 1.82) is 5.26 Å². The van der Waals surface area contributed by atoms with Crippen LogP contribution in [0.25, 0.3) is 0 Å². The molecule has 1 aliphatic carbocycles. The van der Waals surface area contributed by atoms with E-state index < -0.39 is 0 Å². The van der Waals surface area contributed by atoms with E-state index in [4.69, 9.17) is 9.47 Å². The summed E-state index contributed by atoms with van der Waals surface area (Å²) in [5, 5.41) is 22.4. The lowest BCUT2D eigenvalue weighted by atomic mass is 9.89. The van der Waals surface area contributed by atoms with Crippen molar-refractivity contribution >= 4 is 34.0 Å². The highest BCUT2D eigenvalue weighted by Crippen LogP contribution is 2.39. The molecule has 0 spiro atoms. The van der Waals surface area contributed by atoms with Crippen LogP contribution in [-0.2, 0) is 30.8 Å². The van der Waals surface area contributed by atoms with E-state index in [1.165, 1.54) is 28.0 Å². The Hall–Kier alpha value is -3.03. The van der Waals surface area contributed by atoms with Gasteiger partial charge < -0.3 is 19.4 Å². The summed E-state index contributed by atoms with van der Waals surface area (Å²) in [6, 6.07) is 9.64. The molecule has 3 aromatic rings. The molecule has 0 bridgehead atoms. The zero-order chi connectivity index (χ0) is 24.1. The Bertz CT molecular complexity index is 1200. The van der Waals surface area contributed by atoms with Crippen molar-refractivity contribution in [2.75, 3.05) is 18.2 Å². The Balaban J connectivity index is 1.36.